The first-order chi connectivity index (χ1) is 10.4. The van der Waals surface area contributed by atoms with Crippen molar-refractivity contribution < 1.29 is 14.3 Å². The zero-order valence-corrected chi connectivity index (χ0v) is 14.7. The summed E-state index contributed by atoms with van der Waals surface area (Å²) in [5.74, 6) is 0.728. The number of primary amides is 1. The summed E-state index contributed by atoms with van der Waals surface area (Å²) in [5.41, 5.74) is 5.08. The van der Waals surface area contributed by atoms with E-state index in [1.807, 2.05) is 0 Å². The zero-order chi connectivity index (χ0) is 17.0. The van der Waals surface area contributed by atoms with Crippen LogP contribution in [0.3, 0.4) is 0 Å². The minimum absolute atomic E-state index is 0.0227. The molecule has 130 valence electrons. The van der Waals surface area contributed by atoms with Crippen molar-refractivity contribution in [3.05, 3.63) is 0 Å². The van der Waals surface area contributed by atoms with Crippen molar-refractivity contribution in [2.75, 3.05) is 13.7 Å². The third-order valence-corrected chi connectivity index (χ3v) is 4.49. The number of rotatable bonds is 13. The molecule has 0 bridgehead atoms. The van der Waals surface area contributed by atoms with Crippen LogP contribution in [-0.4, -0.2) is 31.6 Å². The van der Waals surface area contributed by atoms with Crippen molar-refractivity contribution in [1.82, 2.24) is 5.32 Å². The van der Waals surface area contributed by atoms with Gasteiger partial charge in [-0.15, -0.1) is 0 Å². The van der Waals surface area contributed by atoms with Crippen molar-refractivity contribution >= 4 is 11.8 Å². The Labute approximate surface area is 135 Å². The lowest BCUT2D eigenvalue weighted by atomic mass is 9.87. The summed E-state index contributed by atoms with van der Waals surface area (Å²) in [7, 11) is 1.68. The molecule has 3 atom stereocenters. The van der Waals surface area contributed by atoms with Crippen molar-refractivity contribution in [3.8, 4) is 0 Å². The maximum Gasteiger partial charge on any atom is 0.222 e. The molecule has 0 spiro atoms. The lowest BCUT2D eigenvalue weighted by Crippen LogP contribution is -2.34. The number of unbranched alkanes of at least 4 members (excludes halogenated alkanes) is 3. The Kier molecular flexibility index (Phi) is 11.8. The molecular formula is C17H34N2O3. The Morgan fingerprint density at radius 1 is 1.14 bits per heavy atom. The summed E-state index contributed by atoms with van der Waals surface area (Å²) in [6, 6.07) is 0. The van der Waals surface area contributed by atoms with Gasteiger partial charge >= 0.3 is 0 Å². The summed E-state index contributed by atoms with van der Waals surface area (Å²) >= 11 is 0. The normalized spacial score (nSPS) is 15.1. The largest absolute Gasteiger partial charge is 0.381 e. The third kappa shape index (κ3) is 9.77. The summed E-state index contributed by atoms with van der Waals surface area (Å²) in [4.78, 5) is 22.5. The van der Waals surface area contributed by atoms with E-state index in [2.05, 4.69) is 26.1 Å². The molecule has 0 rings (SSSR count). The Morgan fingerprint density at radius 2 is 1.77 bits per heavy atom. The topological polar surface area (TPSA) is 81.4 Å². The SMILES string of the molecule is CC[C@H](C)[C@H](C)C(CC(=O)NCCCCCCC(N)=O)OC. The zero-order valence-electron chi connectivity index (χ0n) is 14.7. The highest BCUT2D eigenvalue weighted by Crippen LogP contribution is 2.22. The van der Waals surface area contributed by atoms with Gasteiger partial charge in [0.1, 0.15) is 0 Å². The molecule has 0 aliphatic heterocycles. The lowest BCUT2D eigenvalue weighted by molar-refractivity contribution is -0.124. The van der Waals surface area contributed by atoms with Gasteiger partial charge in [-0.3, -0.25) is 9.59 Å². The van der Waals surface area contributed by atoms with Crippen molar-refractivity contribution in [1.29, 1.82) is 0 Å². The molecular weight excluding hydrogens is 280 g/mol. The highest BCUT2D eigenvalue weighted by molar-refractivity contribution is 5.76. The summed E-state index contributed by atoms with van der Waals surface area (Å²) in [5, 5.41) is 2.95. The van der Waals surface area contributed by atoms with Crippen LogP contribution in [0, 0.1) is 11.8 Å². The molecule has 0 aliphatic carbocycles. The van der Waals surface area contributed by atoms with Gasteiger partial charge in [-0.05, 0) is 24.7 Å². The van der Waals surface area contributed by atoms with Gasteiger partial charge in [0, 0.05) is 20.1 Å². The average molecular weight is 314 g/mol. The number of amides is 2. The Morgan fingerprint density at radius 3 is 2.32 bits per heavy atom. The van der Waals surface area contributed by atoms with E-state index >= 15 is 0 Å². The van der Waals surface area contributed by atoms with E-state index in [1.54, 1.807) is 7.11 Å². The molecule has 0 saturated heterocycles. The fraction of sp³-hybridized carbons (Fsp3) is 0.882. The lowest BCUT2D eigenvalue weighted by Gasteiger charge is -2.26. The Hall–Kier alpha value is -1.10. The first kappa shape index (κ1) is 20.9. The molecule has 0 saturated carbocycles. The van der Waals surface area contributed by atoms with E-state index < -0.39 is 0 Å². The first-order valence-corrected chi connectivity index (χ1v) is 8.50. The molecule has 2 amide bonds. The fourth-order valence-corrected chi connectivity index (χ4v) is 2.48. The molecule has 0 heterocycles. The van der Waals surface area contributed by atoms with Gasteiger partial charge in [-0.1, -0.05) is 40.0 Å². The molecule has 5 heteroatoms. The molecule has 1 unspecified atom stereocenters. The van der Waals surface area contributed by atoms with Crippen molar-refractivity contribution in [3.63, 3.8) is 0 Å². The van der Waals surface area contributed by atoms with E-state index in [4.69, 9.17) is 10.5 Å². The molecule has 0 aromatic heterocycles. The van der Waals surface area contributed by atoms with Gasteiger partial charge in [-0.25, -0.2) is 0 Å². The van der Waals surface area contributed by atoms with Crippen LogP contribution in [0.15, 0.2) is 0 Å². The van der Waals surface area contributed by atoms with Crippen LogP contribution in [0.1, 0.15) is 65.7 Å². The average Bonchev–Trinajstić information content (AvgIpc) is 2.49. The molecule has 3 N–H and O–H groups in total. The van der Waals surface area contributed by atoms with Gasteiger partial charge in [0.15, 0.2) is 0 Å². The van der Waals surface area contributed by atoms with E-state index in [9.17, 15) is 9.59 Å². The summed E-state index contributed by atoms with van der Waals surface area (Å²) in [6.45, 7) is 7.19. The molecule has 0 aromatic carbocycles. The number of carbonyl (C=O) groups excluding carboxylic acids is 2. The third-order valence-electron chi connectivity index (χ3n) is 4.49. The maximum atomic E-state index is 12.0. The Bertz CT molecular complexity index is 321. The summed E-state index contributed by atoms with van der Waals surface area (Å²) < 4.78 is 5.48. The second kappa shape index (κ2) is 12.4. The molecule has 0 radical (unpaired) electrons. The molecule has 0 aliphatic rings. The van der Waals surface area contributed by atoms with Gasteiger partial charge in [0.05, 0.1) is 12.5 Å². The highest BCUT2D eigenvalue weighted by atomic mass is 16.5. The van der Waals surface area contributed by atoms with Crippen LogP contribution in [0.5, 0.6) is 0 Å². The molecule has 22 heavy (non-hydrogen) atoms. The van der Waals surface area contributed by atoms with Gasteiger partial charge in [0.2, 0.25) is 11.8 Å². The maximum absolute atomic E-state index is 12.0. The number of nitrogens with one attached hydrogen (secondary N) is 1. The number of hydrogen-bond acceptors (Lipinski definition) is 3. The van der Waals surface area contributed by atoms with Crippen LogP contribution in [0.25, 0.3) is 0 Å². The van der Waals surface area contributed by atoms with E-state index in [0.717, 1.165) is 32.1 Å². The second-order valence-corrected chi connectivity index (χ2v) is 6.20. The minimum atomic E-state index is -0.241. The highest BCUT2D eigenvalue weighted by Gasteiger charge is 2.23. The van der Waals surface area contributed by atoms with Gasteiger partial charge in [-0.2, -0.15) is 0 Å². The smallest absolute Gasteiger partial charge is 0.222 e. The number of ether oxygens (including phenoxy) is 1. The van der Waals surface area contributed by atoms with Crippen LogP contribution in [0.2, 0.25) is 0 Å². The predicted molar refractivity (Wildman–Crippen MR) is 89.3 cm³/mol. The van der Waals surface area contributed by atoms with Crippen LogP contribution >= 0.6 is 0 Å². The predicted octanol–water partition coefficient (Wildman–Crippen LogP) is 2.63. The van der Waals surface area contributed by atoms with E-state index in [0.29, 0.717) is 31.2 Å². The van der Waals surface area contributed by atoms with Crippen LogP contribution < -0.4 is 11.1 Å². The quantitative estimate of drug-likeness (QED) is 0.513. The van der Waals surface area contributed by atoms with E-state index in [1.165, 1.54) is 0 Å². The standard InChI is InChI=1S/C17H34N2O3/c1-5-13(2)14(3)15(22-4)12-17(21)19-11-9-7-6-8-10-16(18)20/h13-15H,5-12H2,1-4H3,(H2,18,20)(H,19,21)/t13-,14-,15?/m0/s1. The molecule has 5 nitrogen and oxygen atoms in total. The number of hydrogen-bond donors (Lipinski definition) is 2. The number of carbonyl (C=O) groups is 2. The van der Waals surface area contributed by atoms with Crippen molar-refractivity contribution in [2.45, 2.75) is 71.8 Å². The molecule has 0 aromatic rings. The van der Waals surface area contributed by atoms with Gasteiger partial charge in [0.25, 0.3) is 0 Å². The fourth-order valence-electron chi connectivity index (χ4n) is 2.48. The second-order valence-electron chi connectivity index (χ2n) is 6.20. The van der Waals surface area contributed by atoms with Crippen LogP contribution in [0.4, 0.5) is 0 Å². The van der Waals surface area contributed by atoms with Gasteiger partial charge < -0.3 is 15.8 Å². The van der Waals surface area contributed by atoms with Crippen molar-refractivity contribution in [2.24, 2.45) is 17.6 Å². The first-order valence-electron chi connectivity index (χ1n) is 8.50. The Balaban J connectivity index is 3.81. The number of methoxy groups -OCH3 is 1. The van der Waals surface area contributed by atoms with E-state index in [-0.39, 0.29) is 17.9 Å². The summed E-state index contributed by atoms with van der Waals surface area (Å²) in [6.07, 6.45) is 5.69. The van der Waals surface area contributed by atoms with Crippen LogP contribution in [-0.2, 0) is 14.3 Å². The monoisotopic (exact) mass is 314 g/mol. The molecule has 0 fully saturated rings. The number of nitrogens with two attached hydrogens (primary N) is 1. The minimum Gasteiger partial charge on any atom is -0.381 e.